The molecule has 0 heterocycles. The van der Waals surface area contributed by atoms with Crippen LogP contribution < -0.4 is 4.74 Å². The summed E-state index contributed by atoms with van der Waals surface area (Å²) in [6.45, 7) is 4.93. The van der Waals surface area contributed by atoms with Gasteiger partial charge in [-0.3, -0.25) is 14.4 Å². The second-order valence-electron chi connectivity index (χ2n) is 6.88. The maximum Gasteiger partial charge on any atom is 0.317 e. The number of rotatable bonds is 6. The predicted molar refractivity (Wildman–Crippen MR) is 104 cm³/mol. The monoisotopic (exact) mass is 456 g/mol. The van der Waals surface area contributed by atoms with Gasteiger partial charge in [0.15, 0.2) is 5.78 Å². The standard InChI is InChI=1S/C20H25BrO7/c1-5-27-18(23)16-13(22)10-20(3,25)17(19(24)28-6-2)15(16)11-7-8-14(26-4)12(21)9-11/h7-9,15-17,25H,5-6,10H2,1-4H3/t15-,16-,17+,20+/m1/s1. The molecule has 1 fully saturated rings. The largest absolute Gasteiger partial charge is 0.496 e. The van der Waals surface area contributed by atoms with Crippen LogP contribution in [0.15, 0.2) is 22.7 Å². The van der Waals surface area contributed by atoms with Crippen LogP contribution in [0.1, 0.15) is 38.7 Å². The lowest BCUT2D eigenvalue weighted by Gasteiger charge is -2.43. The van der Waals surface area contributed by atoms with Crippen molar-refractivity contribution in [3.63, 3.8) is 0 Å². The number of benzene rings is 1. The number of hydrogen-bond donors (Lipinski definition) is 1. The van der Waals surface area contributed by atoms with Gasteiger partial charge in [0.1, 0.15) is 11.7 Å². The Morgan fingerprint density at radius 3 is 2.36 bits per heavy atom. The van der Waals surface area contributed by atoms with Gasteiger partial charge >= 0.3 is 11.9 Å². The number of esters is 2. The van der Waals surface area contributed by atoms with Gasteiger partial charge in [0.2, 0.25) is 0 Å². The van der Waals surface area contributed by atoms with Gasteiger partial charge in [0.25, 0.3) is 0 Å². The van der Waals surface area contributed by atoms with E-state index in [-0.39, 0.29) is 19.6 Å². The van der Waals surface area contributed by atoms with Crippen LogP contribution >= 0.6 is 15.9 Å². The Balaban J connectivity index is 2.65. The zero-order chi connectivity index (χ0) is 21.1. The van der Waals surface area contributed by atoms with Crippen molar-refractivity contribution in [3.8, 4) is 5.75 Å². The number of aliphatic hydroxyl groups is 1. The van der Waals surface area contributed by atoms with E-state index in [0.717, 1.165) is 0 Å². The summed E-state index contributed by atoms with van der Waals surface area (Å²) in [5.74, 6) is -4.55. The van der Waals surface area contributed by atoms with Crippen molar-refractivity contribution in [3.05, 3.63) is 28.2 Å². The summed E-state index contributed by atoms with van der Waals surface area (Å²) in [5.41, 5.74) is -1.14. The smallest absolute Gasteiger partial charge is 0.317 e. The number of hydrogen-bond acceptors (Lipinski definition) is 7. The Morgan fingerprint density at radius 1 is 1.21 bits per heavy atom. The van der Waals surface area contributed by atoms with E-state index < -0.39 is 41.1 Å². The van der Waals surface area contributed by atoms with Gasteiger partial charge in [-0.25, -0.2) is 0 Å². The molecule has 7 nitrogen and oxygen atoms in total. The van der Waals surface area contributed by atoms with Crippen LogP contribution in [0.5, 0.6) is 5.75 Å². The highest BCUT2D eigenvalue weighted by molar-refractivity contribution is 9.10. The molecule has 0 aliphatic heterocycles. The Labute approximate surface area is 172 Å². The molecule has 0 unspecified atom stereocenters. The minimum absolute atomic E-state index is 0.0993. The molecule has 1 saturated carbocycles. The van der Waals surface area contributed by atoms with Gasteiger partial charge in [-0.1, -0.05) is 6.07 Å². The first-order valence-corrected chi connectivity index (χ1v) is 9.89. The molecule has 0 bridgehead atoms. The average molecular weight is 457 g/mol. The fraction of sp³-hybridized carbons (Fsp3) is 0.550. The molecule has 154 valence electrons. The van der Waals surface area contributed by atoms with E-state index in [4.69, 9.17) is 14.2 Å². The fourth-order valence-corrected chi connectivity index (χ4v) is 4.33. The predicted octanol–water partition coefficient (Wildman–Crippen LogP) is 2.62. The highest BCUT2D eigenvalue weighted by Gasteiger charge is 2.57. The molecule has 2 rings (SSSR count). The second-order valence-corrected chi connectivity index (χ2v) is 7.73. The van der Waals surface area contributed by atoms with Gasteiger partial charge in [0.05, 0.1) is 36.3 Å². The molecular weight excluding hydrogens is 432 g/mol. The van der Waals surface area contributed by atoms with Gasteiger partial charge in [-0.05, 0) is 54.4 Å². The summed E-state index contributed by atoms with van der Waals surface area (Å²) >= 11 is 3.39. The normalized spacial score (nSPS) is 27.2. The zero-order valence-corrected chi connectivity index (χ0v) is 17.9. The van der Waals surface area contributed by atoms with Crippen LogP contribution in [0.4, 0.5) is 0 Å². The van der Waals surface area contributed by atoms with E-state index in [1.54, 1.807) is 32.0 Å². The van der Waals surface area contributed by atoms with E-state index >= 15 is 0 Å². The third kappa shape index (κ3) is 4.38. The molecule has 1 aliphatic rings. The number of halogens is 1. The lowest BCUT2D eigenvalue weighted by atomic mass is 9.61. The minimum atomic E-state index is -1.66. The molecule has 0 aromatic heterocycles. The Bertz CT molecular complexity index is 759. The number of methoxy groups -OCH3 is 1. The molecule has 28 heavy (non-hydrogen) atoms. The van der Waals surface area contributed by atoms with Crippen LogP contribution in [0.3, 0.4) is 0 Å². The average Bonchev–Trinajstić information content (AvgIpc) is 2.60. The molecule has 1 N–H and O–H groups in total. The molecule has 0 saturated heterocycles. The van der Waals surface area contributed by atoms with E-state index in [1.807, 2.05) is 0 Å². The van der Waals surface area contributed by atoms with Crippen molar-refractivity contribution < 1.29 is 33.7 Å². The molecule has 1 aromatic carbocycles. The molecule has 8 heteroatoms. The summed E-state index contributed by atoms with van der Waals surface area (Å²) in [4.78, 5) is 38.2. The van der Waals surface area contributed by atoms with E-state index in [0.29, 0.717) is 15.8 Å². The fourth-order valence-electron chi connectivity index (χ4n) is 3.77. The first-order valence-electron chi connectivity index (χ1n) is 9.09. The lowest BCUT2D eigenvalue weighted by Crippen LogP contribution is -2.55. The second kappa shape index (κ2) is 9.05. The highest BCUT2D eigenvalue weighted by Crippen LogP contribution is 2.47. The van der Waals surface area contributed by atoms with Gasteiger partial charge in [-0.2, -0.15) is 0 Å². The van der Waals surface area contributed by atoms with Crippen LogP contribution in [-0.4, -0.2) is 48.8 Å². The number of ether oxygens (including phenoxy) is 3. The molecular formula is C20H25BrO7. The first kappa shape index (κ1) is 22.4. The number of carbonyl (C=O) groups is 3. The van der Waals surface area contributed by atoms with Crippen molar-refractivity contribution >= 4 is 33.7 Å². The molecule has 0 amide bonds. The van der Waals surface area contributed by atoms with E-state index in [1.165, 1.54) is 14.0 Å². The minimum Gasteiger partial charge on any atom is -0.496 e. The van der Waals surface area contributed by atoms with Gasteiger partial charge in [0, 0.05) is 12.3 Å². The van der Waals surface area contributed by atoms with Gasteiger partial charge in [-0.15, -0.1) is 0 Å². The quantitative estimate of drug-likeness (QED) is 0.518. The Hall–Kier alpha value is -1.93. The summed E-state index contributed by atoms with van der Waals surface area (Å²) < 4.78 is 16.1. The number of carbonyl (C=O) groups excluding carboxylic acids is 3. The van der Waals surface area contributed by atoms with Crippen molar-refractivity contribution in [1.29, 1.82) is 0 Å². The van der Waals surface area contributed by atoms with Crippen molar-refractivity contribution in [2.24, 2.45) is 11.8 Å². The third-order valence-corrected chi connectivity index (χ3v) is 5.53. The van der Waals surface area contributed by atoms with Crippen molar-refractivity contribution in [2.75, 3.05) is 20.3 Å². The first-order chi connectivity index (χ1) is 13.2. The molecule has 1 aromatic rings. The van der Waals surface area contributed by atoms with Crippen LogP contribution in [0.2, 0.25) is 0 Å². The van der Waals surface area contributed by atoms with Crippen LogP contribution in [-0.2, 0) is 23.9 Å². The van der Waals surface area contributed by atoms with Gasteiger partial charge < -0.3 is 19.3 Å². The topological polar surface area (TPSA) is 99.1 Å². The SMILES string of the molecule is CCOC(=O)[C@@H]1C(=O)C[C@](C)(O)[C@H](C(=O)OCC)[C@@H]1c1ccc(OC)c(Br)c1. The molecule has 0 radical (unpaired) electrons. The van der Waals surface area contributed by atoms with Crippen molar-refractivity contribution in [1.82, 2.24) is 0 Å². The number of Topliss-reactive ketones (excluding diaryl/α,β-unsaturated/α-hetero) is 1. The summed E-state index contributed by atoms with van der Waals surface area (Å²) in [6.07, 6.45) is -0.339. The summed E-state index contributed by atoms with van der Waals surface area (Å²) in [6, 6.07) is 5.01. The Kier molecular flexibility index (Phi) is 7.22. The van der Waals surface area contributed by atoms with E-state index in [2.05, 4.69) is 15.9 Å². The molecule has 4 atom stereocenters. The number of ketones is 1. The molecule has 0 spiro atoms. The maximum absolute atomic E-state index is 12.8. The highest BCUT2D eigenvalue weighted by atomic mass is 79.9. The lowest BCUT2D eigenvalue weighted by molar-refractivity contribution is -0.172. The Morgan fingerprint density at radius 2 is 1.82 bits per heavy atom. The third-order valence-electron chi connectivity index (χ3n) is 4.91. The van der Waals surface area contributed by atoms with Crippen LogP contribution in [0.25, 0.3) is 0 Å². The molecule has 1 aliphatic carbocycles. The zero-order valence-electron chi connectivity index (χ0n) is 16.4. The van der Waals surface area contributed by atoms with Crippen molar-refractivity contribution in [2.45, 2.75) is 38.7 Å². The summed E-state index contributed by atoms with van der Waals surface area (Å²) in [7, 11) is 1.51. The maximum atomic E-state index is 12.8. The van der Waals surface area contributed by atoms with Crippen LogP contribution in [0, 0.1) is 11.8 Å². The summed E-state index contributed by atoms with van der Waals surface area (Å²) in [5, 5.41) is 10.9. The van der Waals surface area contributed by atoms with E-state index in [9.17, 15) is 19.5 Å².